The monoisotopic (exact) mass is 284 g/mol. The van der Waals surface area contributed by atoms with Crippen molar-refractivity contribution in [1.29, 1.82) is 0 Å². The van der Waals surface area contributed by atoms with Crippen molar-refractivity contribution < 1.29 is 12.6 Å². The van der Waals surface area contributed by atoms with Crippen LogP contribution in [-0.2, 0) is 27.3 Å². The maximum absolute atomic E-state index is 10.9. The lowest BCUT2D eigenvalue weighted by atomic mass is 10.0. The van der Waals surface area contributed by atoms with Gasteiger partial charge in [-0.05, 0) is 24.0 Å². The van der Waals surface area contributed by atoms with Gasteiger partial charge in [-0.25, -0.2) is 0 Å². The zero-order chi connectivity index (χ0) is 14.1. The van der Waals surface area contributed by atoms with Gasteiger partial charge in [0.15, 0.2) is 0 Å². The lowest BCUT2D eigenvalue weighted by molar-refractivity contribution is 0.311. The molecule has 3 nitrogen and oxygen atoms in total. The van der Waals surface area contributed by atoms with Gasteiger partial charge in [-0.2, -0.15) is 8.42 Å². The summed E-state index contributed by atoms with van der Waals surface area (Å²) < 4.78 is 26.5. The van der Waals surface area contributed by atoms with Crippen LogP contribution in [0.1, 0.15) is 50.2 Å². The van der Waals surface area contributed by atoms with Crippen LogP contribution in [0.4, 0.5) is 0 Å². The molecule has 0 aromatic heterocycles. The Morgan fingerprint density at radius 1 is 0.947 bits per heavy atom. The largest absolute Gasteiger partial charge is 0.265 e. The first kappa shape index (κ1) is 16.2. The van der Waals surface area contributed by atoms with Crippen LogP contribution < -0.4 is 0 Å². The van der Waals surface area contributed by atoms with Crippen molar-refractivity contribution >= 4 is 10.1 Å². The summed E-state index contributed by atoms with van der Waals surface area (Å²) in [6.45, 7) is 2.34. The number of rotatable bonds is 9. The van der Waals surface area contributed by atoms with Crippen LogP contribution >= 0.6 is 0 Å². The van der Waals surface area contributed by atoms with E-state index in [1.54, 1.807) is 0 Å². The highest BCUT2D eigenvalue weighted by molar-refractivity contribution is 7.85. The zero-order valence-electron chi connectivity index (χ0n) is 11.9. The van der Waals surface area contributed by atoms with Gasteiger partial charge in [0, 0.05) is 0 Å². The van der Waals surface area contributed by atoms with Crippen molar-refractivity contribution in [2.75, 3.05) is 6.26 Å². The predicted octanol–water partition coefficient (Wildman–Crippen LogP) is 3.68. The summed E-state index contributed by atoms with van der Waals surface area (Å²) in [6.07, 6.45) is 8.58. The minimum absolute atomic E-state index is 0.121. The standard InChI is InChI=1S/C15H24O3S/c1-3-4-5-6-7-8-14-9-11-15(12-10-14)13-18-19(2,16)17/h9-12H,3-8,13H2,1-2H3. The number of hydrogen-bond acceptors (Lipinski definition) is 3. The van der Waals surface area contributed by atoms with E-state index in [2.05, 4.69) is 19.1 Å². The van der Waals surface area contributed by atoms with Crippen LogP contribution in [0.5, 0.6) is 0 Å². The summed E-state index contributed by atoms with van der Waals surface area (Å²) in [4.78, 5) is 0. The SMILES string of the molecule is CCCCCCCc1ccc(COS(C)(=O)=O)cc1. The van der Waals surface area contributed by atoms with E-state index >= 15 is 0 Å². The third-order valence-corrected chi connectivity index (χ3v) is 3.58. The molecule has 0 N–H and O–H groups in total. The fourth-order valence-electron chi connectivity index (χ4n) is 1.91. The predicted molar refractivity (Wildman–Crippen MR) is 78.5 cm³/mol. The second kappa shape index (κ2) is 8.33. The molecule has 0 aliphatic heterocycles. The molecular weight excluding hydrogens is 260 g/mol. The molecule has 19 heavy (non-hydrogen) atoms. The molecule has 0 fully saturated rings. The minimum Gasteiger partial charge on any atom is -0.265 e. The molecule has 0 aliphatic rings. The van der Waals surface area contributed by atoms with Gasteiger partial charge < -0.3 is 0 Å². The highest BCUT2D eigenvalue weighted by Crippen LogP contribution is 2.11. The lowest BCUT2D eigenvalue weighted by Gasteiger charge is -2.04. The Hall–Kier alpha value is -0.870. The Kier molecular flexibility index (Phi) is 7.10. The molecule has 1 aromatic carbocycles. The average Bonchev–Trinajstić information content (AvgIpc) is 2.37. The molecule has 0 aliphatic carbocycles. The van der Waals surface area contributed by atoms with Gasteiger partial charge in [0.1, 0.15) is 0 Å². The Bertz CT molecular complexity index is 449. The number of aryl methyl sites for hydroxylation is 1. The van der Waals surface area contributed by atoms with Crippen molar-refractivity contribution in [3.05, 3.63) is 35.4 Å². The van der Waals surface area contributed by atoms with Gasteiger partial charge >= 0.3 is 0 Å². The van der Waals surface area contributed by atoms with E-state index in [0.29, 0.717) is 0 Å². The van der Waals surface area contributed by atoms with Gasteiger partial charge in [0.25, 0.3) is 10.1 Å². The highest BCUT2D eigenvalue weighted by atomic mass is 32.2. The van der Waals surface area contributed by atoms with Crippen LogP contribution in [0, 0.1) is 0 Å². The van der Waals surface area contributed by atoms with Crippen LogP contribution in [-0.4, -0.2) is 14.7 Å². The van der Waals surface area contributed by atoms with E-state index in [-0.39, 0.29) is 6.61 Å². The molecular formula is C15H24O3S. The third-order valence-electron chi connectivity index (χ3n) is 3.03. The van der Waals surface area contributed by atoms with Crippen LogP contribution in [0.25, 0.3) is 0 Å². The van der Waals surface area contributed by atoms with Gasteiger partial charge in [-0.3, -0.25) is 4.18 Å². The molecule has 0 heterocycles. The van der Waals surface area contributed by atoms with Gasteiger partial charge in [-0.1, -0.05) is 56.9 Å². The molecule has 0 saturated heterocycles. The molecule has 0 radical (unpaired) electrons. The van der Waals surface area contributed by atoms with Crippen molar-refractivity contribution in [3.8, 4) is 0 Å². The van der Waals surface area contributed by atoms with E-state index in [1.165, 1.54) is 37.7 Å². The summed E-state index contributed by atoms with van der Waals surface area (Å²) in [7, 11) is -3.36. The quantitative estimate of drug-likeness (QED) is 0.513. The highest BCUT2D eigenvalue weighted by Gasteiger charge is 2.02. The zero-order valence-corrected chi connectivity index (χ0v) is 12.7. The van der Waals surface area contributed by atoms with Crippen molar-refractivity contribution in [2.45, 2.75) is 52.1 Å². The van der Waals surface area contributed by atoms with Gasteiger partial charge in [-0.15, -0.1) is 0 Å². The molecule has 4 heteroatoms. The fourth-order valence-corrected chi connectivity index (χ4v) is 2.26. The van der Waals surface area contributed by atoms with Crippen LogP contribution in [0.2, 0.25) is 0 Å². The van der Waals surface area contributed by atoms with E-state index in [0.717, 1.165) is 18.2 Å². The Morgan fingerprint density at radius 2 is 1.53 bits per heavy atom. The normalized spacial score (nSPS) is 11.7. The smallest absolute Gasteiger partial charge is 0.264 e. The second-order valence-corrected chi connectivity index (χ2v) is 6.59. The van der Waals surface area contributed by atoms with E-state index in [4.69, 9.17) is 4.18 Å². The Balaban J connectivity index is 2.31. The van der Waals surface area contributed by atoms with Crippen molar-refractivity contribution in [2.24, 2.45) is 0 Å². The van der Waals surface area contributed by atoms with Crippen LogP contribution in [0.15, 0.2) is 24.3 Å². The Morgan fingerprint density at radius 3 is 2.11 bits per heavy atom. The summed E-state index contributed by atoms with van der Waals surface area (Å²) in [6, 6.07) is 7.99. The topological polar surface area (TPSA) is 43.4 Å². The fraction of sp³-hybridized carbons (Fsp3) is 0.600. The molecule has 0 atom stereocenters. The summed E-state index contributed by atoms with van der Waals surface area (Å²) in [5.41, 5.74) is 2.19. The number of hydrogen-bond donors (Lipinski definition) is 0. The second-order valence-electron chi connectivity index (χ2n) is 4.95. The van der Waals surface area contributed by atoms with Crippen molar-refractivity contribution in [1.82, 2.24) is 0 Å². The first-order chi connectivity index (χ1) is 9.01. The molecule has 1 aromatic rings. The molecule has 0 unspecified atom stereocenters. The van der Waals surface area contributed by atoms with Crippen molar-refractivity contribution in [3.63, 3.8) is 0 Å². The van der Waals surface area contributed by atoms with Gasteiger partial charge in [0.05, 0.1) is 12.9 Å². The molecule has 1 rings (SSSR count). The molecule has 0 spiro atoms. The lowest BCUT2D eigenvalue weighted by Crippen LogP contribution is -2.02. The number of unbranched alkanes of at least 4 members (excludes halogenated alkanes) is 4. The molecule has 108 valence electrons. The Labute approximate surface area is 117 Å². The summed E-state index contributed by atoms with van der Waals surface area (Å²) in [5.74, 6) is 0. The number of benzene rings is 1. The van der Waals surface area contributed by atoms with E-state index in [9.17, 15) is 8.42 Å². The molecule has 0 bridgehead atoms. The first-order valence-corrected chi connectivity index (χ1v) is 8.75. The average molecular weight is 284 g/mol. The molecule has 0 amide bonds. The summed E-state index contributed by atoms with van der Waals surface area (Å²) >= 11 is 0. The van der Waals surface area contributed by atoms with E-state index < -0.39 is 10.1 Å². The third kappa shape index (κ3) is 8.01. The van der Waals surface area contributed by atoms with Gasteiger partial charge in [0.2, 0.25) is 0 Å². The van der Waals surface area contributed by atoms with E-state index in [1.807, 2.05) is 12.1 Å². The first-order valence-electron chi connectivity index (χ1n) is 6.93. The summed E-state index contributed by atoms with van der Waals surface area (Å²) in [5, 5.41) is 0. The van der Waals surface area contributed by atoms with Crippen LogP contribution in [0.3, 0.4) is 0 Å². The molecule has 0 saturated carbocycles. The minimum atomic E-state index is -3.36. The maximum atomic E-state index is 10.9. The maximum Gasteiger partial charge on any atom is 0.264 e.